The molecule has 0 N–H and O–H groups in total. The lowest BCUT2D eigenvalue weighted by atomic mass is 10.3. The molecule has 0 atom stereocenters. The highest BCUT2D eigenvalue weighted by atomic mass is 32.2. The van der Waals surface area contributed by atoms with Gasteiger partial charge in [-0.1, -0.05) is 0 Å². The first-order chi connectivity index (χ1) is 13.2. The summed E-state index contributed by atoms with van der Waals surface area (Å²) in [6.07, 6.45) is 0. The minimum Gasteiger partial charge on any atom is -0.495 e. The van der Waals surface area contributed by atoms with Gasteiger partial charge in [0, 0.05) is 6.07 Å². The van der Waals surface area contributed by atoms with Crippen LogP contribution in [-0.4, -0.2) is 39.6 Å². The van der Waals surface area contributed by atoms with E-state index in [-0.39, 0.29) is 23.7 Å². The van der Waals surface area contributed by atoms with E-state index in [9.17, 15) is 27.7 Å². The van der Waals surface area contributed by atoms with E-state index in [0.29, 0.717) is 4.31 Å². The number of sulfonamides is 1. The molecule has 0 aliphatic carbocycles. The van der Waals surface area contributed by atoms with Crippen LogP contribution in [0.4, 0.5) is 15.8 Å². The van der Waals surface area contributed by atoms with Gasteiger partial charge in [-0.2, -0.15) is 0 Å². The number of non-ortho nitro benzene ring substituents is 1. The van der Waals surface area contributed by atoms with Crippen molar-refractivity contribution in [3.8, 4) is 5.75 Å². The maximum absolute atomic E-state index is 13.2. The minimum atomic E-state index is -4.40. The molecule has 9 nitrogen and oxygen atoms in total. The van der Waals surface area contributed by atoms with Crippen molar-refractivity contribution in [2.24, 2.45) is 0 Å². The number of anilines is 1. The van der Waals surface area contributed by atoms with Gasteiger partial charge in [-0.05, 0) is 37.3 Å². The van der Waals surface area contributed by atoms with Gasteiger partial charge in [0.2, 0.25) is 0 Å². The number of nitro groups is 1. The van der Waals surface area contributed by atoms with Crippen LogP contribution in [0.1, 0.15) is 6.92 Å². The Morgan fingerprint density at radius 3 is 2.39 bits per heavy atom. The predicted molar refractivity (Wildman–Crippen MR) is 97.2 cm³/mol. The normalized spacial score (nSPS) is 11.0. The van der Waals surface area contributed by atoms with E-state index in [4.69, 9.17) is 9.47 Å². The fourth-order valence-corrected chi connectivity index (χ4v) is 3.90. The molecule has 28 heavy (non-hydrogen) atoms. The Bertz CT molecular complexity index is 978. The molecule has 11 heteroatoms. The van der Waals surface area contributed by atoms with Gasteiger partial charge >= 0.3 is 5.97 Å². The summed E-state index contributed by atoms with van der Waals surface area (Å²) in [5.41, 5.74) is -0.357. The van der Waals surface area contributed by atoms with Crippen LogP contribution in [0.3, 0.4) is 0 Å². The number of carbonyl (C=O) groups is 1. The van der Waals surface area contributed by atoms with Gasteiger partial charge < -0.3 is 9.47 Å². The van der Waals surface area contributed by atoms with Crippen LogP contribution in [0, 0.1) is 15.9 Å². The number of carbonyl (C=O) groups excluding carboxylic acids is 1. The second-order valence-electron chi connectivity index (χ2n) is 5.39. The molecule has 0 radical (unpaired) electrons. The van der Waals surface area contributed by atoms with E-state index in [1.165, 1.54) is 12.1 Å². The number of nitrogens with zero attached hydrogens (tertiary/aromatic N) is 2. The molecule has 2 aromatic carbocycles. The molecule has 0 saturated carbocycles. The quantitative estimate of drug-likeness (QED) is 0.371. The van der Waals surface area contributed by atoms with Crippen LogP contribution in [0.2, 0.25) is 0 Å². The van der Waals surface area contributed by atoms with Gasteiger partial charge in [0.25, 0.3) is 15.7 Å². The molecule has 0 amide bonds. The number of esters is 1. The van der Waals surface area contributed by atoms with Gasteiger partial charge in [0.05, 0.1) is 30.4 Å². The highest BCUT2D eigenvalue weighted by Crippen LogP contribution is 2.32. The number of benzene rings is 2. The van der Waals surface area contributed by atoms with Gasteiger partial charge in [0.15, 0.2) is 0 Å². The number of nitro benzene ring substituents is 1. The molecule has 0 saturated heterocycles. The Balaban J connectivity index is 2.58. The zero-order valence-corrected chi connectivity index (χ0v) is 15.8. The molecule has 0 spiro atoms. The minimum absolute atomic E-state index is 0.00913. The fraction of sp³-hybridized carbons (Fsp3) is 0.235. The molecule has 0 aromatic heterocycles. The zero-order chi connectivity index (χ0) is 20.9. The van der Waals surface area contributed by atoms with Crippen LogP contribution in [0.15, 0.2) is 47.4 Å². The Morgan fingerprint density at radius 2 is 1.86 bits per heavy atom. The average Bonchev–Trinajstić information content (AvgIpc) is 2.66. The second-order valence-corrected chi connectivity index (χ2v) is 7.22. The maximum Gasteiger partial charge on any atom is 0.326 e. The van der Waals surface area contributed by atoms with Crippen molar-refractivity contribution in [1.82, 2.24) is 0 Å². The number of halogens is 1. The molecular weight excluding hydrogens is 395 g/mol. The van der Waals surface area contributed by atoms with Crippen molar-refractivity contribution < 1.29 is 32.0 Å². The first-order valence-electron chi connectivity index (χ1n) is 7.97. The molecule has 150 valence electrons. The van der Waals surface area contributed by atoms with E-state index in [1.807, 2.05) is 0 Å². The number of rotatable bonds is 8. The van der Waals surface area contributed by atoms with Crippen molar-refractivity contribution in [2.75, 3.05) is 24.6 Å². The third-order valence-corrected chi connectivity index (χ3v) is 5.43. The number of ether oxygens (including phenoxy) is 2. The van der Waals surface area contributed by atoms with Crippen molar-refractivity contribution in [3.63, 3.8) is 0 Å². The van der Waals surface area contributed by atoms with Crippen molar-refractivity contribution in [1.29, 1.82) is 0 Å². The summed E-state index contributed by atoms with van der Waals surface area (Å²) >= 11 is 0. The lowest BCUT2D eigenvalue weighted by Gasteiger charge is -2.24. The Labute approximate surface area is 160 Å². The Morgan fingerprint density at radius 1 is 1.21 bits per heavy atom. The van der Waals surface area contributed by atoms with Gasteiger partial charge in [0.1, 0.15) is 23.0 Å². The summed E-state index contributed by atoms with van der Waals surface area (Å²) < 4.78 is 50.2. The van der Waals surface area contributed by atoms with Crippen molar-refractivity contribution in [3.05, 3.63) is 58.4 Å². The van der Waals surface area contributed by atoms with Gasteiger partial charge in [-0.3, -0.25) is 19.2 Å². The smallest absolute Gasteiger partial charge is 0.326 e. The van der Waals surface area contributed by atoms with Crippen LogP contribution < -0.4 is 9.04 Å². The van der Waals surface area contributed by atoms with E-state index < -0.39 is 38.2 Å². The second kappa shape index (κ2) is 8.65. The monoisotopic (exact) mass is 412 g/mol. The molecular formula is C17H17FN2O7S. The Kier molecular flexibility index (Phi) is 6.52. The molecule has 0 aliphatic rings. The first kappa shape index (κ1) is 21.1. The molecule has 0 fully saturated rings. The van der Waals surface area contributed by atoms with E-state index in [0.717, 1.165) is 37.4 Å². The van der Waals surface area contributed by atoms with Crippen LogP contribution in [0.5, 0.6) is 5.75 Å². The van der Waals surface area contributed by atoms with E-state index in [2.05, 4.69) is 0 Å². The largest absolute Gasteiger partial charge is 0.495 e. The summed E-state index contributed by atoms with van der Waals surface area (Å²) in [5.74, 6) is -1.69. The third-order valence-electron chi connectivity index (χ3n) is 3.62. The van der Waals surface area contributed by atoms with Gasteiger partial charge in [-0.25, -0.2) is 12.8 Å². The van der Waals surface area contributed by atoms with Crippen molar-refractivity contribution in [2.45, 2.75) is 11.8 Å². The molecule has 2 aromatic rings. The summed E-state index contributed by atoms with van der Waals surface area (Å²) in [6, 6.07) is 7.41. The summed E-state index contributed by atoms with van der Waals surface area (Å²) in [4.78, 5) is 21.8. The van der Waals surface area contributed by atoms with E-state index in [1.54, 1.807) is 6.92 Å². The molecule has 0 bridgehead atoms. The molecule has 0 heterocycles. The molecule has 0 unspecified atom stereocenters. The average molecular weight is 412 g/mol. The van der Waals surface area contributed by atoms with E-state index >= 15 is 0 Å². The lowest BCUT2D eigenvalue weighted by molar-refractivity contribution is -0.385. The Hall–Kier alpha value is -3.21. The predicted octanol–water partition coefficient (Wildman–Crippen LogP) is 2.50. The first-order valence-corrected chi connectivity index (χ1v) is 9.41. The summed E-state index contributed by atoms with van der Waals surface area (Å²) in [6.45, 7) is 0.924. The third kappa shape index (κ3) is 4.55. The molecule has 0 aliphatic heterocycles. The van der Waals surface area contributed by atoms with Gasteiger partial charge in [-0.15, -0.1) is 0 Å². The molecule has 2 rings (SSSR count). The fourth-order valence-electron chi connectivity index (χ4n) is 2.35. The number of hydrogen-bond acceptors (Lipinski definition) is 7. The topological polar surface area (TPSA) is 116 Å². The summed E-state index contributed by atoms with van der Waals surface area (Å²) in [5, 5.41) is 10.9. The SMILES string of the molecule is CCOC(=O)CN(c1ccc(F)cc1)S(=O)(=O)c1ccc([N+](=O)[O-])cc1OC. The lowest BCUT2D eigenvalue weighted by Crippen LogP contribution is -2.36. The highest BCUT2D eigenvalue weighted by molar-refractivity contribution is 7.93. The zero-order valence-electron chi connectivity index (χ0n) is 15.0. The van der Waals surface area contributed by atoms with Crippen LogP contribution in [-0.2, 0) is 19.6 Å². The van der Waals surface area contributed by atoms with Crippen molar-refractivity contribution >= 4 is 27.4 Å². The highest BCUT2D eigenvalue weighted by Gasteiger charge is 2.31. The maximum atomic E-state index is 13.2. The van der Waals surface area contributed by atoms with Crippen LogP contribution >= 0.6 is 0 Å². The number of hydrogen-bond donors (Lipinski definition) is 0. The standard InChI is InChI=1S/C17H17FN2O7S/c1-3-27-17(21)11-19(13-6-4-12(18)5-7-13)28(24,25)16-9-8-14(20(22)23)10-15(16)26-2/h4-10H,3,11H2,1-2H3. The number of methoxy groups -OCH3 is 1. The summed E-state index contributed by atoms with van der Waals surface area (Å²) in [7, 11) is -3.24. The van der Waals surface area contributed by atoms with Crippen LogP contribution in [0.25, 0.3) is 0 Å².